The Hall–Kier alpha value is -0.120. The van der Waals surface area contributed by atoms with E-state index >= 15 is 0 Å². The standard InChI is InChI=1S/C16H32N2O/c1-16(2,3)14-5-6-15(17)13(11-14)12-18-7-4-9-19-10-8-18/h13-15H,4-12,17H2,1-3H3. The van der Waals surface area contributed by atoms with E-state index in [1.807, 2.05) is 0 Å². The van der Waals surface area contributed by atoms with E-state index in [1.165, 1.54) is 38.8 Å². The zero-order chi connectivity index (χ0) is 13.9. The predicted molar refractivity (Wildman–Crippen MR) is 80.1 cm³/mol. The van der Waals surface area contributed by atoms with Crippen molar-refractivity contribution in [1.82, 2.24) is 4.90 Å². The maximum absolute atomic E-state index is 6.38. The molecule has 2 aliphatic rings. The fraction of sp³-hybridized carbons (Fsp3) is 1.00. The SMILES string of the molecule is CC(C)(C)C1CCC(N)C(CN2CCCOCC2)C1. The Balaban J connectivity index is 1.89. The molecule has 1 aliphatic heterocycles. The van der Waals surface area contributed by atoms with Gasteiger partial charge in [0.1, 0.15) is 0 Å². The van der Waals surface area contributed by atoms with E-state index in [0.29, 0.717) is 17.4 Å². The van der Waals surface area contributed by atoms with E-state index in [9.17, 15) is 0 Å². The number of hydrogen-bond acceptors (Lipinski definition) is 3. The lowest BCUT2D eigenvalue weighted by Crippen LogP contribution is -2.45. The van der Waals surface area contributed by atoms with Crippen molar-refractivity contribution in [2.24, 2.45) is 23.0 Å². The second-order valence-electron chi connectivity index (χ2n) is 7.57. The van der Waals surface area contributed by atoms with Gasteiger partial charge in [0.15, 0.2) is 0 Å². The molecule has 2 rings (SSSR count). The first kappa shape index (κ1) is 15.3. The van der Waals surface area contributed by atoms with Crippen LogP contribution >= 0.6 is 0 Å². The molecule has 0 amide bonds. The van der Waals surface area contributed by atoms with E-state index in [0.717, 1.165) is 25.7 Å². The fourth-order valence-corrected chi connectivity index (χ4v) is 3.60. The molecule has 0 radical (unpaired) electrons. The summed E-state index contributed by atoms with van der Waals surface area (Å²) in [6.07, 6.45) is 4.99. The van der Waals surface area contributed by atoms with Gasteiger partial charge in [0.2, 0.25) is 0 Å². The molecule has 1 aliphatic carbocycles. The molecule has 19 heavy (non-hydrogen) atoms. The van der Waals surface area contributed by atoms with Crippen LogP contribution in [0.3, 0.4) is 0 Å². The predicted octanol–water partition coefficient (Wildman–Crippen LogP) is 2.50. The van der Waals surface area contributed by atoms with Crippen molar-refractivity contribution >= 4 is 0 Å². The average Bonchev–Trinajstić information content (AvgIpc) is 2.59. The molecule has 1 heterocycles. The lowest BCUT2D eigenvalue weighted by atomic mass is 9.67. The molecular weight excluding hydrogens is 236 g/mol. The number of rotatable bonds is 2. The van der Waals surface area contributed by atoms with Crippen molar-refractivity contribution in [2.45, 2.75) is 52.5 Å². The average molecular weight is 268 g/mol. The summed E-state index contributed by atoms with van der Waals surface area (Å²) in [5, 5.41) is 0. The van der Waals surface area contributed by atoms with Crippen molar-refractivity contribution in [2.75, 3.05) is 32.8 Å². The molecule has 0 aromatic rings. The van der Waals surface area contributed by atoms with Gasteiger partial charge in [0, 0.05) is 32.3 Å². The van der Waals surface area contributed by atoms with Gasteiger partial charge in [-0.05, 0) is 42.9 Å². The van der Waals surface area contributed by atoms with E-state index in [1.54, 1.807) is 0 Å². The monoisotopic (exact) mass is 268 g/mol. The minimum Gasteiger partial charge on any atom is -0.380 e. The van der Waals surface area contributed by atoms with Crippen molar-refractivity contribution < 1.29 is 4.74 Å². The van der Waals surface area contributed by atoms with Crippen LogP contribution in [0.25, 0.3) is 0 Å². The van der Waals surface area contributed by atoms with Crippen LogP contribution < -0.4 is 5.73 Å². The molecule has 0 aromatic heterocycles. The van der Waals surface area contributed by atoms with Crippen molar-refractivity contribution in [1.29, 1.82) is 0 Å². The summed E-state index contributed by atoms with van der Waals surface area (Å²) in [6.45, 7) is 12.4. The summed E-state index contributed by atoms with van der Waals surface area (Å²) in [5.74, 6) is 1.51. The minimum atomic E-state index is 0.405. The molecule has 1 saturated carbocycles. The van der Waals surface area contributed by atoms with Crippen LogP contribution in [-0.4, -0.2) is 43.8 Å². The van der Waals surface area contributed by atoms with Crippen LogP contribution in [0.15, 0.2) is 0 Å². The third-order valence-corrected chi connectivity index (χ3v) is 5.07. The van der Waals surface area contributed by atoms with Crippen LogP contribution in [0.5, 0.6) is 0 Å². The summed E-state index contributed by atoms with van der Waals surface area (Å²) in [5.41, 5.74) is 6.81. The number of ether oxygens (including phenoxy) is 1. The Morgan fingerprint density at radius 3 is 2.68 bits per heavy atom. The number of nitrogens with two attached hydrogens (primary N) is 1. The van der Waals surface area contributed by atoms with E-state index < -0.39 is 0 Å². The minimum absolute atomic E-state index is 0.405. The summed E-state index contributed by atoms with van der Waals surface area (Å²) in [6, 6.07) is 0.405. The third kappa shape index (κ3) is 4.44. The highest BCUT2D eigenvalue weighted by molar-refractivity contribution is 4.89. The molecule has 3 heteroatoms. The van der Waals surface area contributed by atoms with Crippen LogP contribution in [0.2, 0.25) is 0 Å². The van der Waals surface area contributed by atoms with Gasteiger partial charge in [0.05, 0.1) is 6.61 Å². The Morgan fingerprint density at radius 1 is 1.16 bits per heavy atom. The maximum atomic E-state index is 6.38. The summed E-state index contributed by atoms with van der Waals surface area (Å²) in [7, 11) is 0. The maximum Gasteiger partial charge on any atom is 0.0593 e. The highest BCUT2D eigenvalue weighted by Crippen LogP contribution is 2.40. The fourth-order valence-electron chi connectivity index (χ4n) is 3.60. The molecule has 0 bridgehead atoms. The Labute approximate surface area is 118 Å². The molecule has 3 nitrogen and oxygen atoms in total. The van der Waals surface area contributed by atoms with Gasteiger partial charge >= 0.3 is 0 Å². The smallest absolute Gasteiger partial charge is 0.0593 e. The Kier molecular flexibility index (Phi) is 5.27. The van der Waals surface area contributed by atoms with Gasteiger partial charge in [-0.25, -0.2) is 0 Å². The third-order valence-electron chi connectivity index (χ3n) is 5.07. The van der Waals surface area contributed by atoms with E-state index in [4.69, 9.17) is 10.5 Å². The molecule has 112 valence electrons. The second-order valence-corrected chi connectivity index (χ2v) is 7.57. The largest absolute Gasteiger partial charge is 0.380 e. The molecule has 3 unspecified atom stereocenters. The Morgan fingerprint density at radius 2 is 1.95 bits per heavy atom. The number of nitrogens with zero attached hydrogens (tertiary/aromatic N) is 1. The van der Waals surface area contributed by atoms with Gasteiger partial charge in [-0.15, -0.1) is 0 Å². The van der Waals surface area contributed by atoms with Crippen molar-refractivity contribution in [3.63, 3.8) is 0 Å². The molecule has 2 fully saturated rings. The Bertz CT molecular complexity index is 266. The quantitative estimate of drug-likeness (QED) is 0.836. The first-order chi connectivity index (χ1) is 8.97. The summed E-state index contributed by atoms with van der Waals surface area (Å²) < 4.78 is 5.54. The summed E-state index contributed by atoms with van der Waals surface area (Å²) in [4.78, 5) is 2.57. The van der Waals surface area contributed by atoms with Gasteiger partial charge in [-0.1, -0.05) is 20.8 Å². The molecule has 1 saturated heterocycles. The van der Waals surface area contributed by atoms with Crippen molar-refractivity contribution in [3.05, 3.63) is 0 Å². The first-order valence-corrected chi connectivity index (χ1v) is 8.02. The molecule has 2 N–H and O–H groups in total. The van der Waals surface area contributed by atoms with Crippen LogP contribution in [0.1, 0.15) is 46.5 Å². The van der Waals surface area contributed by atoms with E-state index in [-0.39, 0.29) is 0 Å². The zero-order valence-corrected chi connectivity index (χ0v) is 13.0. The number of hydrogen-bond donors (Lipinski definition) is 1. The highest BCUT2D eigenvalue weighted by Gasteiger charge is 2.35. The van der Waals surface area contributed by atoms with Gasteiger partial charge < -0.3 is 15.4 Å². The molecular formula is C16H32N2O. The molecule has 3 atom stereocenters. The van der Waals surface area contributed by atoms with Gasteiger partial charge in [0.25, 0.3) is 0 Å². The topological polar surface area (TPSA) is 38.5 Å². The lowest BCUT2D eigenvalue weighted by molar-refractivity contribution is 0.0946. The van der Waals surface area contributed by atoms with Gasteiger partial charge in [-0.2, -0.15) is 0 Å². The van der Waals surface area contributed by atoms with Crippen LogP contribution in [0, 0.1) is 17.3 Å². The second kappa shape index (κ2) is 6.55. The van der Waals surface area contributed by atoms with Crippen LogP contribution in [-0.2, 0) is 4.74 Å². The van der Waals surface area contributed by atoms with Gasteiger partial charge in [-0.3, -0.25) is 0 Å². The molecule has 0 aromatic carbocycles. The first-order valence-electron chi connectivity index (χ1n) is 8.02. The van der Waals surface area contributed by atoms with Crippen molar-refractivity contribution in [3.8, 4) is 0 Å². The summed E-state index contributed by atoms with van der Waals surface area (Å²) >= 11 is 0. The van der Waals surface area contributed by atoms with Crippen LogP contribution in [0.4, 0.5) is 0 Å². The van der Waals surface area contributed by atoms with E-state index in [2.05, 4.69) is 25.7 Å². The normalized spacial score (nSPS) is 35.1. The lowest BCUT2D eigenvalue weighted by Gasteiger charge is -2.42. The highest BCUT2D eigenvalue weighted by atomic mass is 16.5. The molecule has 0 spiro atoms. The zero-order valence-electron chi connectivity index (χ0n) is 13.0.